The maximum absolute atomic E-state index is 10.9. The number of allylic oxidation sites excluding steroid dienone is 1. The fourth-order valence-corrected chi connectivity index (χ4v) is 2.13. The van der Waals surface area contributed by atoms with Gasteiger partial charge < -0.3 is 5.73 Å². The van der Waals surface area contributed by atoms with E-state index in [9.17, 15) is 4.79 Å². The van der Waals surface area contributed by atoms with Gasteiger partial charge in [0.25, 0.3) is 0 Å². The Kier molecular flexibility index (Phi) is 8.82. The Labute approximate surface area is 97.7 Å². The summed E-state index contributed by atoms with van der Waals surface area (Å²) < 4.78 is 0. The molecule has 0 fully saturated rings. The van der Waals surface area contributed by atoms with Gasteiger partial charge in [-0.25, -0.2) is 0 Å². The molecule has 0 aromatic heterocycles. The van der Waals surface area contributed by atoms with E-state index in [4.69, 9.17) is 5.73 Å². The summed E-state index contributed by atoms with van der Waals surface area (Å²) in [5.74, 6) is 2.39. The molecule has 0 heterocycles. The van der Waals surface area contributed by atoms with Gasteiger partial charge in [0.1, 0.15) is 5.78 Å². The molecule has 0 aliphatic rings. The molecule has 0 rings (SSSR count). The lowest BCUT2D eigenvalue weighted by atomic mass is 10.1. The predicted molar refractivity (Wildman–Crippen MR) is 69.3 cm³/mol. The second-order valence-electron chi connectivity index (χ2n) is 3.90. The van der Waals surface area contributed by atoms with E-state index < -0.39 is 0 Å². The Balaban J connectivity index is 3.29. The summed E-state index contributed by atoms with van der Waals surface area (Å²) in [4.78, 5) is 10.9. The zero-order chi connectivity index (χ0) is 11.7. The summed E-state index contributed by atoms with van der Waals surface area (Å²) in [6.07, 6.45) is 5.20. The highest BCUT2D eigenvalue weighted by Crippen LogP contribution is 2.11. The second kappa shape index (κ2) is 8.98. The number of carbonyl (C=O) groups excluding carboxylic acids is 1. The van der Waals surface area contributed by atoms with Crippen molar-refractivity contribution in [3.05, 3.63) is 11.6 Å². The molecule has 0 radical (unpaired) electrons. The SMILES string of the molecule is CC=C(C)CSCCCCC(N)C(C)=O. The Morgan fingerprint density at radius 2 is 2.07 bits per heavy atom. The lowest BCUT2D eigenvalue weighted by Gasteiger charge is -2.06. The molecule has 88 valence electrons. The van der Waals surface area contributed by atoms with E-state index in [1.807, 2.05) is 11.8 Å². The van der Waals surface area contributed by atoms with Gasteiger partial charge in [-0.1, -0.05) is 18.1 Å². The quantitative estimate of drug-likeness (QED) is 0.514. The average Bonchev–Trinajstić information content (AvgIpc) is 2.22. The zero-order valence-electron chi connectivity index (χ0n) is 10.1. The summed E-state index contributed by atoms with van der Waals surface area (Å²) in [7, 11) is 0. The van der Waals surface area contributed by atoms with Gasteiger partial charge in [0, 0.05) is 5.75 Å². The van der Waals surface area contributed by atoms with Crippen LogP contribution in [0.4, 0.5) is 0 Å². The van der Waals surface area contributed by atoms with Crippen LogP contribution in [-0.2, 0) is 4.79 Å². The zero-order valence-corrected chi connectivity index (χ0v) is 10.9. The minimum absolute atomic E-state index is 0.104. The van der Waals surface area contributed by atoms with Gasteiger partial charge in [-0.05, 0) is 39.4 Å². The van der Waals surface area contributed by atoms with Crippen molar-refractivity contribution in [2.24, 2.45) is 5.73 Å². The molecule has 0 aromatic carbocycles. The number of hydrogen-bond donors (Lipinski definition) is 1. The lowest BCUT2D eigenvalue weighted by molar-refractivity contribution is -0.118. The van der Waals surface area contributed by atoms with Crippen LogP contribution in [0.1, 0.15) is 40.0 Å². The van der Waals surface area contributed by atoms with Crippen LogP contribution in [0, 0.1) is 0 Å². The van der Waals surface area contributed by atoms with Gasteiger partial charge in [-0.2, -0.15) is 11.8 Å². The van der Waals surface area contributed by atoms with E-state index in [1.54, 1.807) is 6.92 Å². The molecule has 0 saturated carbocycles. The van der Waals surface area contributed by atoms with Gasteiger partial charge in [0.05, 0.1) is 6.04 Å². The first-order valence-electron chi connectivity index (χ1n) is 5.53. The van der Waals surface area contributed by atoms with E-state index in [0.29, 0.717) is 0 Å². The van der Waals surface area contributed by atoms with Crippen molar-refractivity contribution in [3.8, 4) is 0 Å². The molecular weight excluding hydrogens is 206 g/mol. The fraction of sp³-hybridized carbons (Fsp3) is 0.750. The number of ketones is 1. The summed E-state index contributed by atoms with van der Waals surface area (Å²) in [5, 5.41) is 0. The van der Waals surface area contributed by atoms with Crippen molar-refractivity contribution >= 4 is 17.5 Å². The highest BCUT2D eigenvalue weighted by Gasteiger charge is 2.06. The molecule has 3 heteroatoms. The third-order valence-corrected chi connectivity index (χ3v) is 3.64. The number of unbranched alkanes of at least 4 members (excludes halogenated alkanes) is 1. The molecule has 0 aromatic rings. The first kappa shape index (κ1) is 14.7. The third-order valence-electron chi connectivity index (χ3n) is 2.40. The van der Waals surface area contributed by atoms with Crippen molar-refractivity contribution in [1.82, 2.24) is 0 Å². The van der Waals surface area contributed by atoms with Crippen molar-refractivity contribution in [2.45, 2.75) is 46.1 Å². The van der Waals surface area contributed by atoms with E-state index in [1.165, 1.54) is 5.57 Å². The summed E-state index contributed by atoms with van der Waals surface area (Å²) in [6, 6.07) is -0.243. The van der Waals surface area contributed by atoms with Crippen LogP contribution in [0.3, 0.4) is 0 Å². The van der Waals surface area contributed by atoms with Crippen molar-refractivity contribution in [1.29, 1.82) is 0 Å². The molecule has 2 N–H and O–H groups in total. The van der Waals surface area contributed by atoms with Crippen molar-refractivity contribution < 1.29 is 4.79 Å². The average molecular weight is 229 g/mol. The molecule has 0 aliphatic heterocycles. The molecule has 0 bridgehead atoms. The smallest absolute Gasteiger partial charge is 0.146 e. The highest BCUT2D eigenvalue weighted by molar-refractivity contribution is 7.99. The van der Waals surface area contributed by atoms with Gasteiger partial charge in [0.2, 0.25) is 0 Å². The van der Waals surface area contributed by atoms with E-state index in [-0.39, 0.29) is 11.8 Å². The Bertz CT molecular complexity index is 214. The number of nitrogens with two attached hydrogens (primary N) is 1. The molecular formula is C12H23NOS. The van der Waals surface area contributed by atoms with E-state index in [2.05, 4.69) is 19.9 Å². The maximum atomic E-state index is 10.9. The fourth-order valence-electron chi connectivity index (χ4n) is 1.09. The van der Waals surface area contributed by atoms with Gasteiger partial charge in [0.15, 0.2) is 0 Å². The Morgan fingerprint density at radius 1 is 1.40 bits per heavy atom. The predicted octanol–water partition coefficient (Wildman–Crippen LogP) is 2.77. The number of rotatable bonds is 8. The highest BCUT2D eigenvalue weighted by atomic mass is 32.2. The third kappa shape index (κ3) is 8.70. The molecule has 15 heavy (non-hydrogen) atoms. The van der Waals surface area contributed by atoms with Crippen LogP contribution in [0.25, 0.3) is 0 Å². The van der Waals surface area contributed by atoms with Crippen molar-refractivity contribution in [3.63, 3.8) is 0 Å². The van der Waals surface area contributed by atoms with E-state index >= 15 is 0 Å². The number of carbonyl (C=O) groups is 1. The summed E-state index contributed by atoms with van der Waals surface area (Å²) in [6.45, 7) is 5.79. The van der Waals surface area contributed by atoms with Crippen LogP contribution in [0.15, 0.2) is 11.6 Å². The van der Waals surface area contributed by atoms with Crippen LogP contribution in [0.5, 0.6) is 0 Å². The second-order valence-corrected chi connectivity index (χ2v) is 5.01. The Morgan fingerprint density at radius 3 is 2.60 bits per heavy atom. The first-order chi connectivity index (χ1) is 7.07. The largest absolute Gasteiger partial charge is 0.322 e. The van der Waals surface area contributed by atoms with Crippen LogP contribution in [0.2, 0.25) is 0 Å². The van der Waals surface area contributed by atoms with Gasteiger partial charge >= 0.3 is 0 Å². The molecule has 1 unspecified atom stereocenters. The van der Waals surface area contributed by atoms with Crippen LogP contribution < -0.4 is 5.73 Å². The standard InChI is InChI=1S/C12H23NOS/c1-4-10(2)9-15-8-6-5-7-12(13)11(3)14/h4,12H,5-9,13H2,1-3H3. The normalized spacial score (nSPS) is 14.0. The molecule has 2 nitrogen and oxygen atoms in total. The van der Waals surface area contributed by atoms with Gasteiger partial charge in [-0.3, -0.25) is 4.79 Å². The molecule has 1 atom stereocenters. The van der Waals surface area contributed by atoms with Crippen molar-refractivity contribution in [2.75, 3.05) is 11.5 Å². The molecule has 0 spiro atoms. The molecule has 0 amide bonds. The summed E-state index contributed by atoms with van der Waals surface area (Å²) >= 11 is 1.95. The number of hydrogen-bond acceptors (Lipinski definition) is 3. The molecule has 0 aliphatic carbocycles. The van der Waals surface area contributed by atoms with E-state index in [0.717, 1.165) is 30.8 Å². The first-order valence-corrected chi connectivity index (χ1v) is 6.69. The lowest BCUT2D eigenvalue weighted by Crippen LogP contribution is -2.27. The number of Topliss-reactive ketones (excluding diaryl/α,β-unsaturated/α-hetero) is 1. The summed E-state index contributed by atoms with van der Waals surface area (Å²) in [5.41, 5.74) is 7.07. The monoisotopic (exact) mass is 229 g/mol. The van der Waals surface area contributed by atoms with Crippen LogP contribution >= 0.6 is 11.8 Å². The number of thioether (sulfide) groups is 1. The Hall–Kier alpha value is -0.280. The maximum Gasteiger partial charge on any atom is 0.146 e. The van der Waals surface area contributed by atoms with Gasteiger partial charge in [-0.15, -0.1) is 0 Å². The topological polar surface area (TPSA) is 43.1 Å². The molecule has 0 saturated heterocycles. The minimum atomic E-state index is -0.243. The van der Waals surface area contributed by atoms with Crippen LogP contribution in [-0.4, -0.2) is 23.3 Å². The minimum Gasteiger partial charge on any atom is -0.322 e.